The van der Waals surface area contributed by atoms with E-state index >= 15 is 0 Å². The molecule has 0 heterocycles. The molecule has 0 saturated heterocycles. The lowest BCUT2D eigenvalue weighted by Crippen LogP contribution is -2.27. The molecule has 0 amide bonds. The highest BCUT2D eigenvalue weighted by molar-refractivity contribution is 7.91. The highest BCUT2D eigenvalue weighted by atomic mass is 32.2. The zero-order chi connectivity index (χ0) is 26.9. The Bertz CT molecular complexity index is 940. The van der Waals surface area contributed by atoms with E-state index in [0.29, 0.717) is 44.5 Å². The first-order valence-corrected chi connectivity index (χ1v) is 14.2. The Labute approximate surface area is 236 Å². The molecule has 2 aromatic carbocycles. The van der Waals surface area contributed by atoms with Gasteiger partial charge in [-0.1, -0.05) is 27.0 Å². The van der Waals surface area contributed by atoms with Gasteiger partial charge in [-0.25, -0.2) is 8.42 Å². The van der Waals surface area contributed by atoms with Gasteiger partial charge in [-0.3, -0.25) is 0 Å². The third-order valence-corrected chi connectivity index (χ3v) is 7.20. The molecular weight excluding hydrogens is 516 g/mol. The Morgan fingerprint density at radius 1 is 0.744 bits per heavy atom. The van der Waals surface area contributed by atoms with E-state index < -0.39 is 9.84 Å². The maximum Gasteiger partial charge on any atom is 0.206 e. The van der Waals surface area contributed by atoms with Crippen molar-refractivity contribution in [3.8, 4) is 11.5 Å². The Balaban J connectivity index is 0.00000722. The van der Waals surface area contributed by atoms with Crippen LogP contribution in [0.2, 0.25) is 0 Å². The van der Waals surface area contributed by atoms with Crippen LogP contribution in [0, 0.1) is 0 Å². The predicted octanol–water partition coefficient (Wildman–Crippen LogP) is 6.92. The second kappa shape index (κ2) is 20.3. The molecule has 2 rings (SSSR count). The van der Waals surface area contributed by atoms with Gasteiger partial charge in [0.25, 0.3) is 0 Å². The lowest BCUT2D eigenvalue weighted by molar-refractivity contribution is -0.0272. The number of hydrogen-bond donors (Lipinski definition) is 0. The third kappa shape index (κ3) is 12.8. The van der Waals surface area contributed by atoms with Crippen molar-refractivity contribution in [1.29, 1.82) is 0 Å². The van der Waals surface area contributed by atoms with Crippen LogP contribution in [0.25, 0.3) is 0 Å². The summed E-state index contributed by atoms with van der Waals surface area (Å²) in [5.41, 5.74) is 0. The van der Waals surface area contributed by atoms with Crippen LogP contribution >= 0.6 is 0 Å². The molecule has 0 radical (unpaired) electrons. The number of hydrogen-bond acceptors (Lipinski definition) is 7. The van der Waals surface area contributed by atoms with E-state index in [0.717, 1.165) is 19.3 Å². The Morgan fingerprint density at radius 2 is 1.23 bits per heavy atom. The zero-order valence-electron chi connectivity index (χ0n) is 22.0. The minimum Gasteiger partial charge on any atom is -0.491 e. The highest BCUT2D eigenvalue weighted by Crippen LogP contribution is 2.25. The van der Waals surface area contributed by atoms with Crippen molar-refractivity contribution >= 4 is 9.84 Å². The van der Waals surface area contributed by atoms with Crippen LogP contribution in [0.5, 0.6) is 11.5 Å². The van der Waals surface area contributed by atoms with E-state index in [2.05, 4.69) is 13.2 Å². The van der Waals surface area contributed by atoms with Crippen LogP contribution in [-0.4, -0.2) is 60.3 Å². The van der Waals surface area contributed by atoms with Crippen molar-refractivity contribution in [1.82, 2.24) is 0 Å². The second-order valence-electron chi connectivity index (χ2n) is 8.27. The van der Waals surface area contributed by atoms with Crippen LogP contribution in [0.1, 0.15) is 48.0 Å². The van der Waals surface area contributed by atoms with Gasteiger partial charge in [0.2, 0.25) is 9.84 Å². The largest absolute Gasteiger partial charge is 0.491 e. The first kappa shape index (κ1) is 36.4. The third-order valence-electron chi connectivity index (χ3n) is 5.42. The lowest BCUT2D eigenvalue weighted by Gasteiger charge is -2.18. The molecule has 2 atom stereocenters. The number of benzene rings is 2. The fourth-order valence-corrected chi connectivity index (χ4v) is 4.81. The fraction of sp³-hybridized carbons (Fsp3) is 0.484. The van der Waals surface area contributed by atoms with Crippen molar-refractivity contribution in [2.24, 2.45) is 0 Å². The van der Waals surface area contributed by atoms with Crippen molar-refractivity contribution in [2.75, 3.05) is 39.6 Å². The monoisotopic (exact) mass is 564 g/mol. The number of unbranched alkanes of at least 4 members (excludes halogenated alkanes) is 1. The molecule has 0 aromatic heterocycles. The summed E-state index contributed by atoms with van der Waals surface area (Å²) in [6.07, 6.45) is 6.11. The summed E-state index contributed by atoms with van der Waals surface area (Å²) in [7, 11) is -3.68. The van der Waals surface area contributed by atoms with Gasteiger partial charge in [0.15, 0.2) is 0 Å². The van der Waals surface area contributed by atoms with Gasteiger partial charge < -0.3 is 23.7 Å². The molecule has 0 fully saturated rings. The summed E-state index contributed by atoms with van der Waals surface area (Å²) in [5, 5.41) is 0. The topological polar surface area (TPSA) is 80.3 Å². The average molecular weight is 565 g/mol. The van der Waals surface area contributed by atoms with Gasteiger partial charge in [-0.15, -0.1) is 13.2 Å². The molecule has 7 nitrogen and oxygen atoms in total. The Kier molecular flexibility index (Phi) is 18.9. The van der Waals surface area contributed by atoms with Gasteiger partial charge in [0, 0.05) is 13.2 Å². The van der Waals surface area contributed by atoms with Gasteiger partial charge in [-0.2, -0.15) is 0 Å². The first-order valence-electron chi connectivity index (χ1n) is 12.7. The SMILES string of the molecule is C.C.C=CCCCC(COc1ccc(S(=O)(=O)c2ccc(OCC(COCC=C)OCC)cc2)cc1)OCC. The number of sulfone groups is 1. The molecule has 2 unspecified atom stereocenters. The molecule has 0 bridgehead atoms. The summed E-state index contributed by atoms with van der Waals surface area (Å²) in [5.74, 6) is 1.14. The maximum absolute atomic E-state index is 13.1. The Morgan fingerprint density at radius 3 is 1.69 bits per heavy atom. The maximum atomic E-state index is 13.1. The normalized spacial score (nSPS) is 12.4. The summed E-state index contributed by atoms with van der Waals surface area (Å²) in [6, 6.07) is 12.8. The van der Waals surface area contributed by atoms with Crippen LogP contribution in [0.15, 0.2) is 83.6 Å². The van der Waals surface area contributed by atoms with Crippen LogP contribution in [0.4, 0.5) is 0 Å². The van der Waals surface area contributed by atoms with E-state index in [1.165, 1.54) is 12.1 Å². The molecule has 0 aliphatic rings. The Hall–Kier alpha value is -2.65. The van der Waals surface area contributed by atoms with E-state index in [9.17, 15) is 8.42 Å². The van der Waals surface area contributed by atoms with Crippen molar-refractivity contribution in [2.45, 2.75) is 70.0 Å². The second-order valence-corrected chi connectivity index (χ2v) is 10.2. The molecule has 0 aliphatic heterocycles. The molecule has 0 spiro atoms. The van der Waals surface area contributed by atoms with E-state index in [1.807, 2.05) is 19.9 Å². The summed E-state index contributed by atoms with van der Waals surface area (Å²) in [6.45, 7) is 13.9. The molecule has 0 N–H and O–H groups in total. The standard InChI is InChI=1S/C29H40O7S.2CH4/c1-5-9-10-11-26(33-7-3)22-35-24-12-16-28(17-13-24)37(30,31)29-18-14-25(15-19-29)36-23-27(34-8-4)21-32-20-6-2;;/h5-6,12-19,26-27H,1-2,7-11,20-23H2,3-4H3;2*1H4. The van der Waals surface area contributed by atoms with Crippen molar-refractivity contribution in [3.05, 3.63) is 73.8 Å². The van der Waals surface area contributed by atoms with Gasteiger partial charge in [0.1, 0.15) is 30.8 Å². The highest BCUT2D eigenvalue weighted by Gasteiger charge is 2.18. The molecule has 8 heteroatoms. The zero-order valence-corrected chi connectivity index (χ0v) is 22.8. The summed E-state index contributed by atoms with van der Waals surface area (Å²) >= 11 is 0. The predicted molar refractivity (Wildman–Crippen MR) is 159 cm³/mol. The fourth-order valence-electron chi connectivity index (χ4n) is 3.55. The van der Waals surface area contributed by atoms with E-state index in [4.69, 9.17) is 23.7 Å². The number of allylic oxidation sites excluding steroid dienone is 1. The number of rotatable bonds is 20. The van der Waals surface area contributed by atoms with Crippen LogP contribution in [-0.2, 0) is 24.0 Å². The summed E-state index contributed by atoms with van der Waals surface area (Å²) < 4.78 is 54.6. The van der Waals surface area contributed by atoms with E-state index in [1.54, 1.807) is 42.5 Å². The quantitative estimate of drug-likeness (QED) is 0.128. The smallest absolute Gasteiger partial charge is 0.206 e. The molecule has 220 valence electrons. The van der Waals surface area contributed by atoms with Gasteiger partial charge in [0.05, 0.1) is 29.1 Å². The molecule has 2 aromatic rings. The average Bonchev–Trinajstić information content (AvgIpc) is 2.91. The van der Waals surface area contributed by atoms with Gasteiger partial charge in [-0.05, 0) is 81.6 Å². The van der Waals surface area contributed by atoms with Crippen molar-refractivity contribution < 1.29 is 32.1 Å². The summed E-state index contributed by atoms with van der Waals surface area (Å²) in [4.78, 5) is 0.374. The number of ether oxygens (including phenoxy) is 5. The first-order chi connectivity index (χ1) is 17.9. The minimum absolute atomic E-state index is 0. The van der Waals surface area contributed by atoms with Crippen LogP contribution < -0.4 is 9.47 Å². The van der Waals surface area contributed by atoms with E-state index in [-0.39, 0.29) is 43.5 Å². The van der Waals surface area contributed by atoms with Gasteiger partial charge >= 0.3 is 0 Å². The molecule has 0 saturated carbocycles. The molecule has 0 aliphatic carbocycles. The molecular formula is C31H48O7S. The lowest BCUT2D eigenvalue weighted by atomic mass is 10.1. The van der Waals surface area contributed by atoms with Crippen molar-refractivity contribution in [3.63, 3.8) is 0 Å². The van der Waals surface area contributed by atoms with Crippen LogP contribution in [0.3, 0.4) is 0 Å². The minimum atomic E-state index is -3.68. The molecule has 39 heavy (non-hydrogen) atoms.